The van der Waals surface area contributed by atoms with Crippen molar-refractivity contribution < 1.29 is 9.53 Å². The molecule has 0 saturated heterocycles. The van der Waals surface area contributed by atoms with E-state index in [9.17, 15) is 4.79 Å². The molecule has 0 aromatic carbocycles. The normalized spacial score (nSPS) is 10.6. The molecule has 1 amide bonds. The summed E-state index contributed by atoms with van der Waals surface area (Å²) in [7, 11) is 1.58. The van der Waals surface area contributed by atoms with E-state index in [1.54, 1.807) is 30.3 Å². The Morgan fingerprint density at radius 2 is 2.32 bits per heavy atom. The molecular weight excluding hydrogens is 246 g/mol. The van der Waals surface area contributed by atoms with Crippen LogP contribution in [0.25, 0.3) is 0 Å². The van der Waals surface area contributed by atoms with Crippen LogP contribution in [-0.4, -0.2) is 32.6 Å². The summed E-state index contributed by atoms with van der Waals surface area (Å²) in [5, 5.41) is 11.0. The molecule has 2 heterocycles. The number of aromatic nitrogens is 4. The van der Waals surface area contributed by atoms with E-state index in [4.69, 9.17) is 4.74 Å². The lowest BCUT2D eigenvalue weighted by atomic mass is 10.3. The highest BCUT2D eigenvalue weighted by atomic mass is 16.5. The topological polar surface area (TPSA) is 74.0 Å². The van der Waals surface area contributed by atoms with Gasteiger partial charge in [-0.3, -0.25) is 9.48 Å². The summed E-state index contributed by atoms with van der Waals surface area (Å²) >= 11 is 0. The molecule has 0 aliphatic carbocycles. The van der Waals surface area contributed by atoms with E-state index in [-0.39, 0.29) is 5.91 Å². The van der Waals surface area contributed by atoms with Gasteiger partial charge in [0.15, 0.2) is 0 Å². The Morgan fingerprint density at radius 3 is 3.00 bits per heavy atom. The van der Waals surface area contributed by atoms with Crippen molar-refractivity contribution in [1.82, 2.24) is 24.9 Å². The molecule has 2 aromatic heterocycles. The smallest absolute Gasteiger partial charge is 0.272 e. The summed E-state index contributed by atoms with van der Waals surface area (Å²) < 4.78 is 8.30. The molecule has 0 fully saturated rings. The number of hydrogen-bond acceptors (Lipinski definition) is 4. The minimum atomic E-state index is -0.209. The molecule has 7 heteroatoms. The average Bonchev–Trinajstić information content (AvgIpc) is 3.05. The second-order valence-electron chi connectivity index (χ2n) is 4.05. The first-order valence-corrected chi connectivity index (χ1v) is 6.05. The van der Waals surface area contributed by atoms with Crippen LogP contribution in [-0.2, 0) is 24.6 Å². The summed E-state index contributed by atoms with van der Waals surface area (Å²) in [6.07, 6.45) is 5.35. The number of hydrogen-bond donors (Lipinski definition) is 1. The van der Waals surface area contributed by atoms with Crippen LogP contribution in [0.15, 0.2) is 24.7 Å². The fourth-order valence-electron chi connectivity index (χ4n) is 1.63. The molecule has 0 spiro atoms. The lowest BCUT2D eigenvalue weighted by molar-refractivity contribution is 0.0938. The Labute approximate surface area is 111 Å². The molecule has 0 atom stereocenters. The van der Waals surface area contributed by atoms with E-state index in [2.05, 4.69) is 15.5 Å². The van der Waals surface area contributed by atoms with Gasteiger partial charge in [0.1, 0.15) is 12.4 Å². The molecule has 1 N–H and O–H groups in total. The van der Waals surface area contributed by atoms with Crippen LogP contribution >= 0.6 is 0 Å². The van der Waals surface area contributed by atoms with Gasteiger partial charge in [-0.2, -0.15) is 10.2 Å². The van der Waals surface area contributed by atoms with Crippen molar-refractivity contribution in [3.8, 4) is 0 Å². The standard InChI is InChI=1S/C12H17N5O2/c1-3-16-8-10(7-14-16)6-13-12(18)11-4-5-17(15-11)9-19-2/h4-5,7-8H,3,6,9H2,1-2H3,(H,13,18). The first kappa shape index (κ1) is 13.3. The maximum atomic E-state index is 11.9. The van der Waals surface area contributed by atoms with E-state index in [1.807, 2.05) is 17.8 Å². The fraction of sp³-hybridized carbons (Fsp3) is 0.417. The summed E-state index contributed by atoms with van der Waals surface area (Å²) in [4.78, 5) is 11.9. The number of nitrogens with one attached hydrogen (secondary N) is 1. The Bertz CT molecular complexity index is 546. The van der Waals surface area contributed by atoms with E-state index in [0.29, 0.717) is 19.0 Å². The third kappa shape index (κ3) is 3.41. The molecule has 0 bridgehead atoms. The highest BCUT2D eigenvalue weighted by molar-refractivity contribution is 5.92. The lowest BCUT2D eigenvalue weighted by Gasteiger charge is -2.01. The Balaban J connectivity index is 1.89. The predicted molar refractivity (Wildman–Crippen MR) is 68.3 cm³/mol. The zero-order valence-electron chi connectivity index (χ0n) is 11.0. The molecule has 0 aliphatic rings. The van der Waals surface area contributed by atoms with Crippen molar-refractivity contribution in [1.29, 1.82) is 0 Å². The van der Waals surface area contributed by atoms with Gasteiger partial charge in [0, 0.05) is 38.2 Å². The van der Waals surface area contributed by atoms with Crippen LogP contribution in [0.1, 0.15) is 23.0 Å². The summed E-state index contributed by atoms with van der Waals surface area (Å²) in [5.74, 6) is -0.209. The summed E-state index contributed by atoms with van der Waals surface area (Å²) in [5.41, 5.74) is 1.34. The number of carbonyl (C=O) groups excluding carboxylic acids is 1. The van der Waals surface area contributed by atoms with E-state index >= 15 is 0 Å². The highest BCUT2D eigenvalue weighted by Crippen LogP contribution is 2.00. The predicted octanol–water partition coefficient (Wildman–Crippen LogP) is 0.633. The van der Waals surface area contributed by atoms with Crippen LogP contribution in [0, 0.1) is 0 Å². The average molecular weight is 263 g/mol. The zero-order chi connectivity index (χ0) is 13.7. The Hall–Kier alpha value is -2.15. The lowest BCUT2D eigenvalue weighted by Crippen LogP contribution is -2.23. The van der Waals surface area contributed by atoms with Crippen molar-refractivity contribution in [2.24, 2.45) is 0 Å². The van der Waals surface area contributed by atoms with Gasteiger partial charge in [0.25, 0.3) is 5.91 Å². The molecular formula is C12H17N5O2. The molecule has 102 valence electrons. The van der Waals surface area contributed by atoms with E-state index < -0.39 is 0 Å². The van der Waals surface area contributed by atoms with Gasteiger partial charge in [-0.05, 0) is 13.0 Å². The molecule has 19 heavy (non-hydrogen) atoms. The second kappa shape index (κ2) is 6.14. The van der Waals surface area contributed by atoms with Gasteiger partial charge < -0.3 is 10.1 Å². The van der Waals surface area contributed by atoms with Crippen molar-refractivity contribution in [3.05, 3.63) is 35.9 Å². The molecule has 0 radical (unpaired) electrons. The maximum absolute atomic E-state index is 11.9. The van der Waals surface area contributed by atoms with Crippen LogP contribution in [0.5, 0.6) is 0 Å². The van der Waals surface area contributed by atoms with Crippen LogP contribution in [0.2, 0.25) is 0 Å². The number of methoxy groups -OCH3 is 1. The highest BCUT2D eigenvalue weighted by Gasteiger charge is 2.09. The summed E-state index contributed by atoms with van der Waals surface area (Å²) in [6, 6.07) is 1.66. The quantitative estimate of drug-likeness (QED) is 0.829. The van der Waals surface area contributed by atoms with Gasteiger partial charge in [-0.15, -0.1) is 0 Å². The molecule has 0 aliphatic heterocycles. The monoisotopic (exact) mass is 263 g/mol. The van der Waals surface area contributed by atoms with Crippen LogP contribution in [0.3, 0.4) is 0 Å². The van der Waals surface area contributed by atoms with Crippen molar-refractivity contribution in [3.63, 3.8) is 0 Å². The number of rotatable bonds is 6. The minimum Gasteiger partial charge on any atom is -0.362 e. The van der Waals surface area contributed by atoms with Gasteiger partial charge in [-0.25, -0.2) is 4.68 Å². The third-order valence-corrected chi connectivity index (χ3v) is 2.60. The molecule has 0 saturated carbocycles. The molecule has 2 rings (SSSR count). The third-order valence-electron chi connectivity index (χ3n) is 2.60. The number of aryl methyl sites for hydroxylation is 1. The molecule has 2 aromatic rings. The Kier molecular flexibility index (Phi) is 4.30. The molecule has 7 nitrogen and oxygen atoms in total. The van der Waals surface area contributed by atoms with Crippen molar-refractivity contribution in [2.75, 3.05) is 7.11 Å². The van der Waals surface area contributed by atoms with Gasteiger partial charge in [0.2, 0.25) is 0 Å². The molecule has 0 unspecified atom stereocenters. The number of nitrogens with zero attached hydrogens (tertiary/aromatic N) is 4. The zero-order valence-corrected chi connectivity index (χ0v) is 11.0. The van der Waals surface area contributed by atoms with Crippen molar-refractivity contribution in [2.45, 2.75) is 26.7 Å². The fourth-order valence-corrected chi connectivity index (χ4v) is 1.63. The first-order valence-electron chi connectivity index (χ1n) is 6.05. The summed E-state index contributed by atoms with van der Waals surface area (Å²) in [6.45, 7) is 3.60. The number of ether oxygens (including phenoxy) is 1. The first-order chi connectivity index (χ1) is 9.22. The van der Waals surface area contributed by atoms with Crippen LogP contribution in [0.4, 0.5) is 0 Å². The number of carbonyl (C=O) groups is 1. The van der Waals surface area contributed by atoms with Crippen molar-refractivity contribution >= 4 is 5.91 Å². The van der Waals surface area contributed by atoms with Gasteiger partial charge in [0.05, 0.1) is 6.20 Å². The van der Waals surface area contributed by atoms with Gasteiger partial charge >= 0.3 is 0 Å². The SMILES string of the molecule is CCn1cc(CNC(=O)c2ccn(COC)n2)cn1. The van der Waals surface area contributed by atoms with E-state index in [1.165, 1.54) is 0 Å². The van der Waals surface area contributed by atoms with E-state index in [0.717, 1.165) is 12.1 Å². The minimum absolute atomic E-state index is 0.209. The van der Waals surface area contributed by atoms with Crippen LogP contribution < -0.4 is 5.32 Å². The Morgan fingerprint density at radius 1 is 1.47 bits per heavy atom. The second-order valence-corrected chi connectivity index (χ2v) is 4.05. The number of amides is 1. The largest absolute Gasteiger partial charge is 0.362 e. The van der Waals surface area contributed by atoms with Gasteiger partial charge in [-0.1, -0.05) is 0 Å². The maximum Gasteiger partial charge on any atom is 0.272 e.